The van der Waals surface area contributed by atoms with Crippen LogP contribution in [0, 0.1) is 0 Å². The second-order valence-corrected chi connectivity index (χ2v) is 11.0. The highest BCUT2D eigenvalue weighted by atomic mass is 32.2. The van der Waals surface area contributed by atoms with Crippen LogP contribution < -0.4 is 15.4 Å². The highest BCUT2D eigenvalue weighted by Crippen LogP contribution is 2.34. The predicted octanol–water partition coefficient (Wildman–Crippen LogP) is 4.80. The van der Waals surface area contributed by atoms with Crippen LogP contribution in [0.5, 0.6) is 0 Å². The number of thiocarbonyl (C=S) groups is 1. The summed E-state index contributed by atoms with van der Waals surface area (Å²) in [5.41, 5.74) is 2.03. The molecule has 2 fully saturated rings. The van der Waals surface area contributed by atoms with Crippen LogP contribution in [0.25, 0.3) is 11.7 Å². The molecule has 0 aliphatic carbocycles. The molecular weight excluding hydrogens is 502 g/mol. The third kappa shape index (κ3) is 5.43. The first-order valence-corrected chi connectivity index (χ1v) is 14.1. The number of aromatic nitrogens is 2. The fourth-order valence-electron chi connectivity index (χ4n) is 4.79. The first kappa shape index (κ1) is 25.5. The van der Waals surface area contributed by atoms with Gasteiger partial charge in [-0.1, -0.05) is 74.4 Å². The zero-order chi connectivity index (χ0) is 25.8. The summed E-state index contributed by atoms with van der Waals surface area (Å²) >= 11 is 6.80. The van der Waals surface area contributed by atoms with Crippen LogP contribution in [0.15, 0.2) is 64.4 Å². The van der Waals surface area contributed by atoms with Gasteiger partial charge in [0.05, 0.1) is 10.5 Å². The van der Waals surface area contributed by atoms with Crippen molar-refractivity contribution in [3.05, 3.63) is 75.6 Å². The summed E-state index contributed by atoms with van der Waals surface area (Å²) in [4.78, 5) is 38.4. The third-order valence-corrected chi connectivity index (χ3v) is 8.21. The Hall–Kier alpha value is -3.17. The molecule has 0 saturated carbocycles. The van der Waals surface area contributed by atoms with Gasteiger partial charge in [0.2, 0.25) is 0 Å². The number of nitrogens with zero attached hydrogens (tertiary/aromatic N) is 5. The largest absolute Gasteiger partial charge is 0.368 e. The summed E-state index contributed by atoms with van der Waals surface area (Å²) in [6, 6.07) is 15.9. The Balaban J connectivity index is 1.45. The highest BCUT2D eigenvalue weighted by molar-refractivity contribution is 8.26. The van der Waals surface area contributed by atoms with E-state index in [1.165, 1.54) is 17.4 Å². The molecule has 3 aromatic rings. The van der Waals surface area contributed by atoms with E-state index in [9.17, 15) is 9.59 Å². The van der Waals surface area contributed by atoms with E-state index >= 15 is 0 Å². The van der Waals surface area contributed by atoms with Gasteiger partial charge in [0.25, 0.3) is 11.5 Å². The standard InChI is InChI=1S/C28H31N5O2S2/c1-2-3-4-9-15-33-27(35)23(37-28(33)36)20-22-25(29-24-13-8-10-14-32(24)26(22)34)31-18-16-30(17-19-31)21-11-6-5-7-12-21/h5-8,10-14,20H,2-4,9,15-19H2,1H3/b23-20-. The molecule has 0 unspecified atom stereocenters. The lowest BCUT2D eigenvalue weighted by Gasteiger charge is -2.37. The maximum atomic E-state index is 13.7. The molecule has 2 aromatic heterocycles. The minimum Gasteiger partial charge on any atom is -0.368 e. The molecule has 7 nitrogen and oxygen atoms in total. The normalized spacial score (nSPS) is 17.4. The van der Waals surface area contributed by atoms with E-state index in [1.54, 1.807) is 21.6 Å². The number of fused-ring (bicyclic) bond motifs is 1. The number of anilines is 2. The number of hydrogen-bond donors (Lipinski definition) is 0. The number of hydrogen-bond acceptors (Lipinski definition) is 7. The fraction of sp³-hybridized carbons (Fsp3) is 0.357. The number of amides is 1. The maximum absolute atomic E-state index is 13.7. The molecule has 0 radical (unpaired) electrons. The van der Waals surface area contributed by atoms with Crippen LogP contribution in [0.2, 0.25) is 0 Å². The lowest BCUT2D eigenvalue weighted by Crippen LogP contribution is -2.47. The lowest BCUT2D eigenvalue weighted by atomic mass is 10.2. The molecule has 0 spiro atoms. The van der Waals surface area contributed by atoms with Crippen LogP contribution in [0.3, 0.4) is 0 Å². The predicted molar refractivity (Wildman–Crippen MR) is 156 cm³/mol. The van der Waals surface area contributed by atoms with E-state index in [1.807, 2.05) is 36.4 Å². The first-order chi connectivity index (χ1) is 18.1. The van der Waals surface area contributed by atoms with Crippen molar-refractivity contribution in [1.29, 1.82) is 0 Å². The van der Waals surface area contributed by atoms with Gasteiger partial charge in [-0.15, -0.1) is 0 Å². The summed E-state index contributed by atoms with van der Waals surface area (Å²) < 4.78 is 2.10. The van der Waals surface area contributed by atoms with E-state index in [0.717, 1.165) is 51.9 Å². The molecule has 37 heavy (non-hydrogen) atoms. The van der Waals surface area contributed by atoms with E-state index in [0.29, 0.717) is 32.8 Å². The summed E-state index contributed by atoms with van der Waals surface area (Å²) in [5.74, 6) is 0.501. The first-order valence-electron chi connectivity index (χ1n) is 12.9. The second kappa shape index (κ2) is 11.5. The van der Waals surface area contributed by atoms with Gasteiger partial charge in [0.15, 0.2) is 0 Å². The van der Waals surface area contributed by atoms with Crippen LogP contribution >= 0.6 is 24.0 Å². The average Bonchev–Trinajstić information content (AvgIpc) is 3.20. The molecule has 4 heterocycles. The van der Waals surface area contributed by atoms with Gasteiger partial charge < -0.3 is 9.80 Å². The number of benzene rings is 1. The van der Waals surface area contributed by atoms with Crippen molar-refractivity contribution in [2.24, 2.45) is 0 Å². The molecule has 2 saturated heterocycles. The molecule has 2 aliphatic heterocycles. The van der Waals surface area contributed by atoms with Crippen molar-refractivity contribution < 1.29 is 4.79 Å². The van der Waals surface area contributed by atoms with Gasteiger partial charge in [-0.2, -0.15) is 0 Å². The van der Waals surface area contributed by atoms with Crippen molar-refractivity contribution in [3.8, 4) is 0 Å². The van der Waals surface area contributed by atoms with Crippen molar-refractivity contribution in [1.82, 2.24) is 14.3 Å². The zero-order valence-corrected chi connectivity index (χ0v) is 22.6. The average molecular weight is 534 g/mol. The van der Waals surface area contributed by atoms with Crippen molar-refractivity contribution in [2.45, 2.75) is 32.6 Å². The summed E-state index contributed by atoms with van der Waals surface area (Å²) in [5, 5.41) is 0. The minimum atomic E-state index is -0.181. The monoisotopic (exact) mass is 533 g/mol. The maximum Gasteiger partial charge on any atom is 0.267 e. The summed E-state index contributed by atoms with van der Waals surface area (Å²) in [6.45, 7) is 5.87. The smallest absolute Gasteiger partial charge is 0.267 e. The van der Waals surface area contributed by atoms with Gasteiger partial charge in [-0.25, -0.2) is 4.98 Å². The van der Waals surface area contributed by atoms with Crippen LogP contribution in [0.1, 0.15) is 38.2 Å². The molecule has 0 atom stereocenters. The highest BCUT2D eigenvalue weighted by Gasteiger charge is 2.33. The van der Waals surface area contributed by atoms with E-state index in [2.05, 4.69) is 28.9 Å². The van der Waals surface area contributed by atoms with E-state index in [-0.39, 0.29) is 11.5 Å². The number of thioether (sulfide) groups is 1. The topological polar surface area (TPSA) is 61.2 Å². The Bertz CT molecular complexity index is 1380. The lowest BCUT2D eigenvalue weighted by molar-refractivity contribution is -0.122. The number of piperazine rings is 1. The third-order valence-electron chi connectivity index (χ3n) is 6.83. The fourth-order valence-corrected chi connectivity index (χ4v) is 6.08. The molecule has 1 aromatic carbocycles. The Morgan fingerprint density at radius 2 is 1.68 bits per heavy atom. The number of para-hydroxylation sites is 1. The molecular formula is C28H31N5O2S2. The van der Waals surface area contributed by atoms with E-state index in [4.69, 9.17) is 17.2 Å². The molecule has 2 aliphatic rings. The summed E-state index contributed by atoms with van der Waals surface area (Å²) in [6.07, 6.45) is 7.70. The molecule has 9 heteroatoms. The SMILES string of the molecule is CCCCCCN1C(=O)/C(=C/c2c(N3CCN(c4ccccc4)CC3)nc3ccccn3c2=O)SC1=S. The molecule has 1 amide bonds. The number of pyridine rings is 1. The quantitative estimate of drug-likeness (QED) is 0.234. The van der Waals surface area contributed by atoms with Crippen molar-refractivity contribution >= 4 is 57.4 Å². The minimum absolute atomic E-state index is 0.121. The number of rotatable bonds is 8. The summed E-state index contributed by atoms with van der Waals surface area (Å²) in [7, 11) is 0. The molecule has 192 valence electrons. The van der Waals surface area contributed by atoms with Gasteiger partial charge in [-0.3, -0.25) is 18.9 Å². The number of carbonyl (C=O) groups excluding carboxylic acids is 1. The van der Waals surface area contributed by atoms with Gasteiger partial charge in [0, 0.05) is 44.6 Å². The van der Waals surface area contributed by atoms with Gasteiger partial charge in [-0.05, 0) is 36.8 Å². The number of carbonyl (C=O) groups is 1. The molecule has 0 bridgehead atoms. The van der Waals surface area contributed by atoms with Crippen molar-refractivity contribution in [3.63, 3.8) is 0 Å². The Morgan fingerprint density at radius 3 is 2.43 bits per heavy atom. The van der Waals surface area contributed by atoms with Crippen molar-refractivity contribution in [2.75, 3.05) is 42.5 Å². The van der Waals surface area contributed by atoms with Crippen LogP contribution in [-0.2, 0) is 4.79 Å². The van der Waals surface area contributed by atoms with Crippen LogP contribution in [0.4, 0.5) is 11.5 Å². The van der Waals surface area contributed by atoms with E-state index < -0.39 is 0 Å². The number of unbranched alkanes of at least 4 members (excludes halogenated alkanes) is 3. The zero-order valence-electron chi connectivity index (χ0n) is 21.0. The van der Waals surface area contributed by atoms with Gasteiger partial charge >= 0.3 is 0 Å². The Labute approximate surface area is 226 Å². The Morgan fingerprint density at radius 1 is 0.946 bits per heavy atom. The van der Waals surface area contributed by atoms with Crippen LogP contribution in [-0.4, -0.2) is 57.2 Å². The molecule has 0 N–H and O–H groups in total. The second-order valence-electron chi connectivity index (χ2n) is 9.29. The van der Waals surface area contributed by atoms with Gasteiger partial charge in [0.1, 0.15) is 15.8 Å². The Kier molecular flexibility index (Phi) is 7.90. The molecule has 5 rings (SSSR count).